The van der Waals surface area contributed by atoms with E-state index in [1.165, 1.54) is 37.5 Å². The van der Waals surface area contributed by atoms with Gasteiger partial charge < -0.3 is 5.11 Å². The summed E-state index contributed by atoms with van der Waals surface area (Å²) in [7, 11) is -4.05. The molecule has 7 nitrogen and oxygen atoms in total. The molecule has 1 heterocycles. The Morgan fingerprint density at radius 3 is 2.48 bits per heavy atom. The lowest BCUT2D eigenvalue weighted by Gasteiger charge is -2.11. The number of aromatic carboxylic acids is 1. The van der Waals surface area contributed by atoms with Gasteiger partial charge in [-0.2, -0.15) is 0 Å². The van der Waals surface area contributed by atoms with Gasteiger partial charge in [-0.1, -0.05) is 11.6 Å². The molecule has 0 saturated heterocycles. The van der Waals surface area contributed by atoms with Gasteiger partial charge >= 0.3 is 5.97 Å². The molecule has 0 radical (unpaired) electrons. The summed E-state index contributed by atoms with van der Waals surface area (Å²) >= 11 is 5.79. The van der Waals surface area contributed by atoms with E-state index < -0.39 is 16.0 Å². The molecule has 0 atom stereocenters. The van der Waals surface area contributed by atoms with E-state index in [0.717, 1.165) is 0 Å². The number of anilines is 1. The Kier molecular flexibility index (Phi) is 4.10. The first-order chi connectivity index (χ1) is 9.81. The van der Waals surface area contributed by atoms with Crippen LogP contribution < -0.4 is 4.72 Å². The van der Waals surface area contributed by atoms with E-state index in [0.29, 0.717) is 0 Å². The summed E-state index contributed by atoms with van der Waals surface area (Å²) in [5.41, 5.74) is -0.104. The van der Waals surface area contributed by atoms with E-state index in [1.807, 2.05) is 0 Å². The molecule has 0 bridgehead atoms. The van der Waals surface area contributed by atoms with E-state index in [1.54, 1.807) is 0 Å². The number of aromatic nitrogens is 2. The molecular weight excluding hydrogens is 318 g/mol. The number of nitrogens with one attached hydrogen (secondary N) is 1. The van der Waals surface area contributed by atoms with Crippen molar-refractivity contribution in [3.05, 3.63) is 46.7 Å². The van der Waals surface area contributed by atoms with E-state index in [-0.39, 0.29) is 27.0 Å². The van der Waals surface area contributed by atoms with Crippen molar-refractivity contribution in [3.8, 4) is 0 Å². The largest absolute Gasteiger partial charge is 0.478 e. The average Bonchev–Trinajstić information content (AvgIpc) is 2.41. The van der Waals surface area contributed by atoms with Gasteiger partial charge in [0.15, 0.2) is 0 Å². The SMILES string of the molecule is Cc1c(C(=O)O)cc(Cl)cc1S(=O)(=O)Nc1ncccn1. The molecule has 0 aliphatic carbocycles. The van der Waals surface area contributed by atoms with E-state index >= 15 is 0 Å². The van der Waals surface area contributed by atoms with Gasteiger partial charge in [0.2, 0.25) is 5.95 Å². The first-order valence-electron chi connectivity index (χ1n) is 5.64. The highest BCUT2D eigenvalue weighted by molar-refractivity contribution is 7.92. The normalized spacial score (nSPS) is 11.1. The number of hydrogen-bond donors (Lipinski definition) is 2. The number of sulfonamides is 1. The van der Waals surface area contributed by atoms with Gasteiger partial charge in [0.25, 0.3) is 10.0 Å². The van der Waals surface area contributed by atoms with Gasteiger partial charge in [0, 0.05) is 17.4 Å². The molecule has 0 fully saturated rings. The van der Waals surface area contributed by atoms with E-state index in [2.05, 4.69) is 14.7 Å². The van der Waals surface area contributed by atoms with E-state index in [9.17, 15) is 13.2 Å². The summed E-state index contributed by atoms with van der Waals surface area (Å²) < 4.78 is 26.8. The third-order valence-corrected chi connectivity index (χ3v) is 4.31. The van der Waals surface area contributed by atoms with Gasteiger partial charge in [-0.15, -0.1) is 0 Å². The molecule has 9 heteroatoms. The van der Waals surface area contributed by atoms with Gasteiger partial charge in [-0.05, 0) is 30.7 Å². The molecule has 0 aliphatic heterocycles. The number of halogens is 1. The second-order valence-electron chi connectivity index (χ2n) is 4.06. The summed E-state index contributed by atoms with van der Waals surface area (Å²) in [6.45, 7) is 1.39. The number of carbonyl (C=O) groups is 1. The number of nitrogens with zero attached hydrogens (tertiary/aromatic N) is 2. The number of rotatable bonds is 4. The Morgan fingerprint density at radius 2 is 1.90 bits per heavy atom. The summed E-state index contributed by atoms with van der Waals surface area (Å²) in [6.07, 6.45) is 2.75. The Labute approximate surface area is 125 Å². The van der Waals surface area contributed by atoms with Gasteiger partial charge in [-0.25, -0.2) is 27.9 Å². The van der Waals surface area contributed by atoms with Crippen LogP contribution >= 0.6 is 11.6 Å². The minimum absolute atomic E-state index is 0.00681. The van der Waals surface area contributed by atoms with Crippen LogP contribution in [0.2, 0.25) is 5.02 Å². The third-order valence-electron chi connectivity index (χ3n) is 2.64. The maximum absolute atomic E-state index is 12.3. The van der Waals surface area contributed by atoms with Crippen LogP contribution in [-0.2, 0) is 10.0 Å². The van der Waals surface area contributed by atoms with Crippen LogP contribution in [-0.4, -0.2) is 29.5 Å². The quantitative estimate of drug-likeness (QED) is 0.888. The number of benzene rings is 1. The molecular formula is C12H10ClN3O4S. The third kappa shape index (κ3) is 3.29. The topological polar surface area (TPSA) is 109 Å². The lowest BCUT2D eigenvalue weighted by atomic mass is 10.1. The van der Waals surface area contributed by atoms with Gasteiger partial charge in [0.05, 0.1) is 10.5 Å². The summed E-state index contributed by atoms with van der Waals surface area (Å²) in [5, 5.41) is 9.08. The van der Waals surface area contributed by atoms with Crippen molar-refractivity contribution < 1.29 is 18.3 Å². The number of carboxylic acid groups (broad SMARTS) is 1. The molecule has 2 N–H and O–H groups in total. The average molecular weight is 328 g/mol. The maximum atomic E-state index is 12.3. The summed E-state index contributed by atoms with van der Waals surface area (Å²) in [6, 6.07) is 3.90. The second kappa shape index (κ2) is 5.66. The zero-order valence-electron chi connectivity index (χ0n) is 10.7. The van der Waals surface area contributed by atoms with E-state index in [4.69, 9.17) is 16.7 Å². The molecule has 110 valence electrons. The molecule has 0 unspecified atom stereocenters. The van der Waals surface area contributed by atoms with Gasteiger partial charge in [0.1, 0.15) is 0 Å². The maximum Gasteiger partial charge on any atom is 0.336 e. The van der Waals surface area contributed by atoms with Crippen molar-refractivity contribution >= 4 is 33.5 Å². The highest BCUT2D eigenvalue weighted by atomic mass is 35.5. The van der Waals surface area contributed by atoms with Crippen LogP contribution in [0.4, 0.5) is 5.95 Å². The zero-order chi connectivity index (χ0) is 15.6. The second-order valence-corrected chi connectivity index (χ2v) is 6.15. The van der Waals surface area contributed by atoms with Crippen molar-refractivity contribution in [2.45, 2.75) is 11.8 Å². The Bertz CT molecular complexity index is 794. The number of hydrogen-bond acceptors (Lipinski definition) is 5. The predicted molar refractivity (Wildman–Crippen MR) is 76.0 cm³/mol. The molecule has 1 aromatic heterocycles. The lowest BCUT2D eigenvalue weighted by Crippen LogP contribution is -2.17. The molecule has 0 aliphatic rings. The van der Waals surface area contributed by atoms with Crippen molar-refractivity contribution in [3.63, 3.8) is 0 Å². The fraction of sp³-hybridized carbons (Fsp3) is 0.0833. The molecule has 0 amide bonds. The molecule has 21 heavy (non-hydrogen) atoms. The molecule has 1 aromatic carbocycles. The summed E-state index contributed by atoms with van der Waals surface area (Å²) in [5.74, 6) is -1.38. The highest BCUT2D eigenvalue weighted by Gasteiger charge is 2.23. The Hall–Kier alpha value is -2.19. The fourth-order valence-corrected chi connectivity index (χ4v) is 3.22. The Balaban J connectivity index is 2.53. The minimum atomic E-state index is -4.05. The minimum Gasteiger partial charge on any atom is -0.478 e. The molecule has 0 spiro atoms. The molecule has 0 saturated carbocycles. The zero-order valence-corrected chi connectivity index (χ0v) is 12.3. The van der Waals surface area contributed by atoms with Crippen LogP contribution in [0.15, 0.2) is 35.5 Å². The predicted octanol–water partition coefficient (Wildman–Crippen LogP) is 1.94. The fourth-order valence-electron chi connectivity index (χ4n) is 1.68. The first-order valence-corrected chi connectivity index (χ1v) is 7.50. The van der Waals surface area contributed by atoms with Gasteiger partial charge in [-0.3, -0.25) is 0 Å². The van der Waals surface area contributed by atoms with Crippen molar-refractivity contribution in [2.24, 2.45) is 0 Å². The monoisotopic (exact) mass is 327 g/mol. The van der Waals surface area contributed by atoms with Crippen molar-refractivity contribution in [1.82, 2.24) is 9.97 Å². The van der Waals surface area contributed by atoms with Crippen LogP contribution in [0.3, 0.4) is 0 Å². The number of carboxylic acids is 1. The first kappa shape index (κ1) is 15.2. The molecule has 2 rings (SSSR count). The highest BCUT2D eigenvalue weighted by Crippen LogP contribution is 2.25. The van der Waals surface area contributed by atoms with Crippen molar-refractivity contribution in [1.29, 1.82) is 0 Å². The van der Waals surface area contributed by atoms with Crippen LogP contribution in [0, 0.1) is 6.92 Å². The lowest BCUT2D eigenvalue weighted by molar-refractivity contribution is 0.0696. The van der Waals surface area contributed by atoms with Crippen LogP contribution in [0.25, 0.3) is 0 Å². The standard InChI is InChI=1S/C12H10ClN3O4S/c1-7-9(11(17)18)5-8(13)6-10(7)21(19,20)16-12-14-3-2-4-15-12/h2-6H,1H3,(H,17,18)(H,14,15,16). The smallest absolute Gasteiger partial charge is 0.336 e. The van der Waals surface area contributed by atoms with Crippen molar-refractivity contribution in [2.75, 3.05) is 4.72 Å². The summed E-state index contributed by atoms with van der Waals surface area (Å²) in [4.78, 5) is 18.4. The van der Waals surface area contributed by atoms with Crippen LogP contribution in [0.5, 0.6) is 0 Å². The molecule has 2 aromatic rings. The van der Waals surface area contributed by atoms with Crippen LogP contribution in [0.1, 0.15) is 15.9 Å². The Morgan fingerprint density at radius 1 is 1.29 bits per heavy atom.